The van der Waals surface area contributed by atoms with Crippen LogP contribution in [-0.2, 0) is 42.8 Å². The Bertz CT molecular complexity index is 1300. The fourth-order valence-corrected chi connectivity index (χ4v) is 4.46. The topological polar surface area (TPSA) is 201 Å². The van der Waals surface area contributed by atoms with Gasteiger partial charge < -0.3 is 20.7 Å². The first-order chi connectivity index (χ1) is 19.9. The van der Waals surface area contributed by atoms with Crippen LogP contribution < -0.4 is 27.4 Å². The number of nitrogens with one attached hydrogen (secondary N) is 5. The standard InChI is InChI=1S/C27H31N7O6S/c28-33-26(38)21(11-20-12-29-17-30-20)31-25(37)22(13-35)32-27(39)24(34-40-15-18-7-3-1-4-8-18)23(14-36)41-16-19-9-5-2-6-10-19/h1-10,12,17,21-22,24,34-35H,11,13,15-16,28H2,(H,29,30)(H,31,37)(H,32,39)(H,33,38)/t21-,22-,24-/m0/s1. The van der Waals surface area contributed by atoms with Gasteiger partial charge in [-0.1, -0.05) is 60.7 Å². The monoisotopic (exact) mass is 581 g/mol. The molecule has 3 rings (SSSR count). The Morgan fingerprint density at radius 2 is 1.63 bits per heavy atom. The molecule has 3 atom stereocenters. The van der Waals surface area contributed by atoms with Crippen LogP contribution in [0.5, 0.6) is 0 Å². The molecule has 1 heterocycles. The number of amides is 3. The number of hydrogen-bond acceptors (Lipinski definition) is 10. The number of H-pyrrole nitrogens is 1. The lowest BCUT2D eigenvalue weighted by Gasteiger charge is -2.24. The maximum atomic E-state index is 13.3. The minimum absolute atomic E-state index is 0.0204. The number of thioether (sulfide) groups is 1. The van der Waals surface area contributed by atoms with Crippen LogP contribution in [0, 0.1) is 0 Å². The molecule has 3 aromatic rings. The lowest BCUT2D eigenvalue weighted by molar-refractivity contribution is -0.134. The first-order valence-electron chi connectivity index (χ1n) is 12.5. The number of hydrazine groups is 1. The maximum absolute atomic E-state index is 13.3. The summed E-state index contributed by atoms with van der Waals surface area (Å²) < 4.78 is 0. The van der Waals surface area contributed by atoms with Crippen molar-refractivity contribution in [3.8, 4) is 0 Å². The van der Waals surface area contributed by atoms with Crippen LogP contribution in [0.1, 0.15) is 16.8 Å². The van der Waals surface area contributed by atoms with Gasteiger partial charge in [-0.25, -0.2) is 15.6 Å². The number of nitrogens with two attached hydrogens (primary N) is 1. The molecule has 13 nitrogen and oxygen atoms in total. The number of aromatic amines is 1. The van der Waals surface area contributed by atoms with Gasteiger partial charge in [0.1, 0.15) is 18.0 Å². The molecule has 2 aromatic carbocycles. The molecular formula is C27H31N7O6S. The van der Waals surface area contributed by atoms with E-state index in [0.717, 1.165) is 22.9 Å². The number of carbonyl (C=O) groups is 3. The van der Waals surface area contributed by atoms with Crippen LogP contribution in [-0.4, -0.2) is 63.5 Å². The van der Waals surface area contributed by atoms with Gasteiger partial charge in [0.05, 0.1) is 24.4 Å². The van der Waals surface area contributed by atoms with Crippen LogP contribution in [0.3, 0.4) is 0 Å². The predicted molar refractivity (Wildman–Crippen MR) is 151 cm³/mol. The second-order valence-electron chi connectivity index (χ2n) is 8.66. The first-order valence-corrected chi connectivity index (χ1v) is 13.5. The zero-order chi connectivity index (χ0) is 29.5. The van der Waals surface area contributed by atoms with Crippen molar-refractivity contribution in [2.75, 3.05) is 6.61 Å². The average molecular weight is 582 g/mol. The van der Waals surface area contributed by atoms with E-state index in [2.05, 4.69) is 26.1 Å². The summed E-state index contributed by atoms with van der Waals surface area (Å²) in [7, 11) is 0. The molecule has 8 N–H and O–H groups in total. The Morgan fingerprint density at radius 1 is 0.976 bits per heavy atom. The second kappa shape index (κ2) is 16.7. The van der Waals surface area contributed by atoms with E-state index in [9.17, 15) is 24.3 Å². The predicted octanol–water partition coefficient (Wildman–Crippen LogP) is -0.357. The highest BCUT2D eigenvalue weighted by atomic mass is 32.2. The van der Waals surface area contributed by atoms with Gasteiger partial charge in [-0.3, -0.25) is 24.6 Å². The van der Waals surface area contributed by atoms with Gasteiger partial charge in [-0.2, -0.15) is 5.48 Å². The highest BCUT2D eigenvalue weighted by molar-refractivity contribution is 8.02. The summed E-state index contributed by atoms with van der Waals surface area (Å²) in [6.07, 6.45) is 2.90. The molecule has 0 fully saturated rings. The van der Waals surface area contributed by atoms with Crippen molar-refractivity contribution in [2.45, 2.75) is 36.9 Å². The average Bonchev–Trinajstić information content (AvgIpc) is 3.52. The SMILES string of the molecule is NNC(=O)[C@H](Cc1cnc[nH]1)NC(=O)[C@H](CO)NC(=O)[C@@H](NOCc1ccccc1)C(=C=O)SCc1ccccc1. The van der Waals surface area contributed by atoms with E-state index in [4.69, 9.17) is 10.7 Å². The van der Waals surface area contributed by atoms with Crippen molar-refractivity contribution in [1.29, 1.82) is 0 Å². The molecule has 0 radical (unpaired) electrons. The molecule has 216 valence electrons. The normalized spacial score (nSPS) is 12.8. The molecule has 0 saturated carbocycles. The number of carbonyl (C=O) groups excluding carboxylic acids is 4. The van der Waals surface area contributed by atoms with Crippen molar-refractivity contribution in [2.24, 2.45) is 5.84 Å². The van der Waals surface area contributed by atoms with E-state index >= 15 is 0 Å². The van der Waals surface area contributed by atoms with Crippen LogP contribution in [0.15, 0.2) is 78.1 Å². The Labute approximate surface area is 240 Å². The zero-order valence-electron chi connectivity index (χ0n) is 21.9. The minimum Gasteiger partial charge on any atom is -0.394 e. The summed E-state index contributed by atoms with van der Waals surface area (Å²) in [5.41, 5.74) is 6.81. The summed E-state index contributed by atoms with van der Waals surface area (Å²) in [6, 6.07) is 14.5. The highest BCUT2D eigenvalue weighted by Gasteiger charge is 2.31. The van der Waals surface area contributed by atoms with E-state index in [1.54, 1.807) is 5.94 Å². The van der Waals surface area contributed by atoms with Crippen LogP contribution in [0.4, 0.5) is 0 Å². The zero-order valence-corrected chi connectivity index (χ0v) is 22.7. The summed E-state index contributed by atoms with van der Waals surface area (Å²) in [5.74, 6) is 5.02. The maximum Gasteiger partial charge on any atom is 0.256 e. The Morgan fingerprint density at radius 3 is 2.22 bits per heavy atom. The fraction of sp³-hybridized carbons (Fsp3) is 0.259. The number of hydroxylamine groups is 1. The van der Waals surface area contributed by atoms with E-state index in [0.29, 0.717) is 11.4 Å². The number of hydrogen-bond donors (Lipinski definition) is 7. The largest absolute Gasteiger partial charge is 0.394 e. The number of nitrogens with zero attached hydrogens (tertiary/aromatic N) is 1. The number of rotatable bonds is 16. The van der Waals surface area contributed by atoms with Gasteiger partial charge in [0.2, 0.25) is 11.8 Å². The fourth-order valence-electron chi connectivity index (χ4n) is 3.56. The second-order valence-corrected chi connectivity index (χ2v) is 9.68. The van der Waals surface area contributed by atoms with Crippen molar-refractivity contribution in [3.05, 3.63) is 94.9 Å². The number of imidazole rings is 1. The first kappa shape index (κ1) is 31.2. The van der Waals surface area contributed by atoms with Crippen molar-refractivity contribution in [1.82, 2.24) is 31.5 Å². The molecule has 0 aliphatic heterocycles. The summed E-state index contributed by atoms with van der Waals surface area (Å²) in [6.45, 7) is -0.721. The van der Waals surface area contributed by atoms with Crippen LogP contribution in [0.25, 0.3) is 0 Å². The Hall–Kier alpha value is -4.30. The molecular weight excluding hydrogens is 550 g/mol. The molecule has 0 aliphatic rings. The van der Waals surface area contributed by atoms with Crippen molar-refractivity contribution in [3.63, 3.8) is 0 Å². The van der Waals surface area contributed by atoms with Crippen molar-refractivity contribution >= 4 is 35.4 Å². The molecule has 0 bridgehead atoms. The number of aromatic nitrogens is 2. The Kier molecular flexibility index (Phi) is 12.7. The van der Waals surface area contributed by atoms with Crippen molar-refractivity contribution < 1.29 is 29.1 Å². The molecule has 14 heteroatoms. The summed E-state index contributed by atoms with van der Waals surface area (Å²) in [4.78, 5) is 62.7. The highest BCUT2D eigenvalue weighted by Crippen LogP contribution is 2.22. The summed E-state index contributed by atoms with van der Waals surface area (Å²) >= 11 is 1.07. The third-order valence-corrected chi connectivity index (χ3v) is 6.82. The smallest absolute Gasteiger partial charge is 0.256 e. The van der Waals surface area contributed by atoms with E-state index in [1.165, 1.54) is 12.5 Å². The quantitative estimate of drug-likeness (QED) is 0.0507. The van der Waals surface area contributed by atoms with E-state index < -0.39 is 42.5 Å². The van der Waals surface area contributed by atoms with Crippen LogP contribution in [0.2, 0.25) is 0 Å². The van der Waals surface area contributed by atoms with Gasteiger partial charge in [0.15, 0.2) is 6.04 Å². The molecule has 0 aliphatic carbocycles. The molecule has 41 heavy (non-hydrogen) atoms. The van der Waals surface area contributed by atoms with E-state index in [1.807, 2.05) is 66.1 Å². The molecule has 0 saturated heterocycles. The number of aliphatic hydroxyl groups is 1. The van der Waals surface area contributed by atoms with Gasteiger partial charge >= 0.3 is 0 Å². The lowest BCUT2D eigenvalue weighted by Crippen LogP contribution is -2.58. The van der Waals surface area contributed by atoms with Gasteiger partial charge in [-0.05, 0) is 11.1 Å². The molecule has 1 aromatic heterocycles. The Balaban J connectivity index is 1.71. The third kappa shape index (κ3) is 9.99. The van der Waals surface area contributed by atoms with Gasteiger partial charge in [-0.15, -0.1) is 11.8 Å². The summed E-state index contributed by atoms with van der Waals surface area (Å²) in [5, 5.41) is 14.8. The minimum atomic E-state index is -1.47. The van der Waals surface area contributed by atoms with E-state index in [-0.39, 0.29) is 17.9 Å². The van der Waals surface area contributed by atoms with Gasteiger partial charge in [0, 0.05) is 24.1 Å². The third-order valence-electron chi connectivity index (χ3n) is 5.71. The molecule has 3 amide bonds. The lowest BCUT2D eigenvalue weighted by atomic mass is 10.1. The van der Waals surface area contributed by atoms with Crippen LogP contribution >= 0.6 is 11.8 Å². The number of benzene rings is 2. The number of aliphatic hydroxyl groups excluding tert-OH is 1. The molecule has 0 spiro atoms. The van der Waals surface area contributed by atoms with Gasteiger partial charge in [0.25, 0.3) is 5.91 Å². The molecule has 0 unspecified atom stereocenters.